The summed E-state index contributed by atoms with van der Waals surface area (Å²) in [5.41, 5.74) is 1.01. The van der Waals surface area contributed by atoms with Crippen LogP contribution < -0.4 is 10.6 Å². The van der Waals surface area contributed by atoms with Gasteiger partial charge in [0, 0.05) is 53.2 Å². The lowest BCUT2D eigenvalue weighted by Gasteiger charge is -2.34. The zero-order chi connectivity index (χ0) is 21.6. The highest BCUT2D eigenvalue weighted by atomic mass is 32.2. The quantitative estimate of drug-likeness (QED) is 0.520. The van der Waals surface area contributed by atoms with Crippen molar-refractivity contribution in [3.8, 4) is 0 Å². The van der Waals surface area contributed by atoms with Crippen LogP contribution in [0.4, 0.5) is 0 Å². The van der Waals surface area contributed by atoms with E-state index < -0.39 is 10.0 Å². The Morgan fingerprint density at radius 2 is 1.73 bits per heavy atom. The Morgan fingerprint density at radius 1 is 1.10 bits per heavy atom. The summed E-state index contributed by atoms with van der Waals surface area (Å²) in [5.74, 6) is 1.36. The van der Waals surface area contributed by atoms with E-state index in [-0.39, 0.29) is 5.91 Å². The summed E-state index contributed by atoms with van der Waals surface area (Å²) in [7, 11) is 0.0747. The third-order valence-electron chi connectivity index (χ3n) is 5.96. The van der Waals surface area contributed by atoms with Gasteiger partial charge in [-0.1, -0.05) is 12.1 Å². The molecular weight excluding hydrogens is 402 g/mol. The fraction of sp³-hybridized carbons (Fsp3) is 0.619. The standard InChI is InChI=1S/C21H33N5O3S/c1-22-20(27)15-17-9-13-25(14-10-17)21(23-2)24-16-18-5-7-19(8-6-18)30(28,29)26-11-3-4-12-26/h5-8,17H,3-4,9-16H2,1-2H3,(H,22,27)(H,23,24). The molecule has 0 atom stereocenters. The number of hydrogen-bond donors (Lipinski definition) is 2. The highest BCUT2D eigenvalue weighted by Gasteiger charge is 2.27. The molecule has 0 aliphatic carbocycles. The lowest BCUT2D eigenvalue weighted by Crippen LogP contribution is -2.45. The summed E-state index contributed by atoms with van der Waals surface area (Å²) < 4.78 is 26.8. The first-order chi connectivity index (χ1) is 14.4. The van der Waals surface area contributed by atoms with Gasteiger partial charge in [-0.25, -0.2) is 8.42 Å². The molecule has 2 aliphatic rings. The van der Waals surface area contributed by atoms with Crippen LogP contribution in [0.25, 0.3) is 0 Å². The van der Waals surface area contributed by atoms with Crippen molar-refractivity contribution in [3.63, 3.8) is 0 Å². The number of carbonyl (C=O) groups is 1. The number of aliphatic imine (C=N–C) groups is 1. The third kappa shape index (κ3) is 5.51. The fourth-order valence-corrected chi connectivity index (χ4v) is 5.60. The van der Waals surface area contributed by atoms with Gasteiger partial charge in [-0.15, -0.1) is 0 Å². The highest BCUT2D eigenvalue weighted by Crippen LogP contribution is 2.22. The molecule has 9 heteroatoms. The molecule has 0 radical (unpaired) electrons. The number of sulfonamides is 1. The van der Waals surface area contributed by atoms with Crippen molar-refractivity contribution < 1.29 is 13.2 Å². The number of guanidine groups is 1. The van der Waals surface area contributed by atoms with Gasteiger partial charge in [0.05, 0.1) is 4.90 Å². The molecule has 3 rings (SSSR count). The van der Waals surface area contributed by atoms with Crippen LogP contribution in [0.1, 0.15) is 37.7 Å². The largest absolute Gasteiger partial charge is 0.359 e. The van der Waals surface area contributed by atoms with Crippen LogP contribution in [0.3, 0.4) is 0 Å². The molecule has 2 saturated heterocycles. The first-order valence-corrected chi connectivity index (χ1v) is 12.1. The van der Waals surface area contributed by atoms with Gasteiger partial charge in [0.15, 0.2) is 5.96 Å². The van der Waals surface area contributed by atoms with Crippen molar-refractivity contribution in [2.45, 2.75) is 43.5 Å². The second-order valence-corrected chi connectivity index (χ2v) is 9.90. The van der Waals surface area contributed by atoms with E-state index in [9.17, 15) is 13.2 Å². The molecule has 2 fully saturated rings. The van der Waals surface area contributed by atoms with E-state index in [1.807, 2.05) is 12.1 Å². The minimum Gasteiger partial charge on any atom is -0.359 e. The predicted octanol–water partition coefficient (Wildman–Crippen LogP) is 1.39. The number of carbonyl (C=O) groups excluding carboxylic acids is 1. The Balaban J connectivity index is 1.51. The lowest BCUT2D eigenvalue weighted by molar-refractivity contribution is -0.121. The van der Waals surface area contributed by atoms with Crippen LogP contribution in [0.15, 0.2) is 34.2 Å². The zero-order valence-corrected chi connectivity index (χ0v) is 18.7. The van der Waals surface area contributed by atoms with Crippen LogP contribution >= 0.6 is 0 Å². The van der Waals surface area contributed by atoms with E-state index in [0.29, 0.717) is 36.9 Å². The van der Waals surface area contributed by atoms with E-state index in [2.05, 4.69) is 20.5 Å². The molecule has 2 heterocycles. The van der Waals surface area contributed by atoms with Crippen LogP contribution in [0.2, 0.25) is 0 Å². The molecule has 8 nitrogen and oxygen atoms in total. The Morgan fingerprint density at radius 3 is 2.30 bits per heavy atom. The summed E-state index contributed by atoms with van der Waals surface area (Å²) >= 11 is 0. The van der Waals surface area contributed by atoms with E-state index in [0.717, 1.165) is 50.3 Å². The number of nitrogens with one attached hydrogen (secondary N) is 2. The van der Waals surface area contributed by atoms with E-state index in [1.165, 1.54) is 0 Å². The number of piperidine rings is 1. The van der Waals surface area contributed by atoms with Crippen LogP contribution in [0.5, 0.6) is 0 Å². The maximum atomic E-state index is 12.6. The minimum absolute atomic E-state index is 0.103. The molecule has 2 N–H and O–H groups in total. The molecule has 1 aromatic rings. The van der Waals surface area contributed by atoms with Crippen LogP contribution in [0, 0.1) is 5.92 Å². The van der Waals surface area contributed by atoms with E-state index in [1.54, 1.807) is 30.5 Å². The van der Waals surface area contributed by atoms with Crippen molar-refractivity contribution in [2.24, 2.45) is 10.9 Å². The molecule has 0 spiro atoms. The molecule has 0 bridgehead atoms. The van der Waals surface area contributed by atoms with Gasteiger partial charge >= 0.3 is 0 Å². The first-order valence-electron chi connectivity index (χ1n) is 10.7. The number of hydrogen-bond acceptors (Lipinski definition) is 4. The van der Waals surface area contributed by atoms with Crippen LogP contribution in [-0.4, -0.2) is 69.8 Å². The van der Waals surface area contributed by atoms with Gasteiger partial charge in [-0.2, -0.15) is 4.31 Å². The number of nitrogens with zero attached hydrogens (tertiary/aromatic N) is 3. The van der Waals surface area contributed by atoms with Crippen molar-refractivity contribution >= 4 is 21.9 Å². The summed E-state index contributed by atoms with van der Waals surface area (Å²) in [6.45, 7) is 3.54. The van der Waals surface area contributed by atoms with Gasteiger partial charge in [-0.3, -0.25) is 9.79 Å². The first kappa shape index (κ1) is 22.6. The van der Waals surface area contributed by atoms with E-state index in [4.69, 9.17) is 0 Å². The summed E-state index contributed by atoms with van der Waals surface area (Å²) in [6, 6.07) is 7.10. The highest BCUT2D eigenvalue weighted by molar-refractivity contribution is 7.89. The Labute approximate surface area is 179 Å². The topological polar surface area (TPSA) is 94.1 Å². The Bertz CT molecular complexity index is 840. The van der Waals surface area contributed by atoms with Gasteiger partial charge in [0.1, 0.15) is 0 Å². The third-order valence-corrected chi connectivity index (χ3v) is 7.87. The number of benzene rings is 1. The summed E-state index contributed by atoms with van der Waals surface area (Å²) in [4.78, 5) is 18.5. The van der Waals surface area contributed by atoms with Crippen LogP contribution in [-0.2, 0) is 21.4 Å². The Hall–Kier alpha value is -2.13. The number of amides is 1. The molecule has 1 amide bonds. The minimum atomic E-state index is -3.37. The molecule has 0 unspecified atom stereocenters. The monoisotopic (exact) mass is 435 g/mol. The normalized spacial score (nSPS) is 19.1. The smallest absolute Gasteiger partial charge is 0.243 e. The van der Waals surface area contributed by atoms with Gasteiger partial charge < -0.3 is 15.5 Å². The average molecular weight is 436 g/mol. The van der Waals surface area contributed by atoms with Crippen molar-refractivity contribution in [2.75, 3.05) is 40.3 Å². The van der Waals surface area contributed by atoms with Gasteiger partial charge in [0.25, 0.3) is 0 Å². The predicted molar refractivity (Wildman–Crippen MR) is 118 cm³/mol. The molecule has 30 heavy (non-hydrogen) atoms. The zero-order valence-electron chi connectivity index (χ0n) is 17.9. The molecule has 0 aromatic heterocycles. The number of likely N-dealkylation sites (tertiary alicyclic amines) is 1. The summed E-state index contributed by atoms with van der Waals surface area (Å²) in [6.07, 6.45) is 4.39. The van der Waals surface area contributed by atoms with E-state index >= 15 is 0 Å². The van der Waals surface area contributed by atoms with Gasteiger partial charge in [0.2, 0.25) is 15.9 Å². The molecule has 166 valence electrons. The summed E-state index contributed by atoms with van der Waals surface area (Å²) in [5, 5.41) is 6.07. The maximum absolute atomic E-state index is 12.6. The number of rotatable bonds is 6. The molecule has 0 saturated carbocycles. The lowest BCUT2D eigenvalue weighted by atomic mass is 9.93. The maximum Gasteiger partial charge on any atom is 0.243 e. The Kier molecular flexibility index (Phi) is 7.71. The van der Waals surface area contributed by atoms with Crippen molar-refractivity contribution in [1.82, 2.24) is 19.8 Å². The second kappa shape index (κ2) is 10.3. The molecule has 2 aliphatic heterocycles. The fourth-order valence-electron chi connectivity index (χ4n) is 4.08. The van der Waals surface area contributed by atoms with Crippen molar-refractivity contribution in [1.29, 1.82) is 0 Å². The molecule has 1 aromatic carbocycles. The SMILES string of the molecule is CN=C(NCc1ccc(S(=O)(=O)N2CCCC2)cc1)N1CCC(CC(=O)NC)CC1. The van der Waals surface area contributed by atoms with Crippen molar-refractivity contribution in [3.05, 3.63) is 29.8 Å². The second-order valence-electron chi connectivity index (χ2n) is 7.96. The molecular formula is C21H33N5O3S. The van der Waals surface area contributed by atoms with Gasteiger partial charge in [-0.05, 0) is 49.3 Å². The average Bonchev–Trinajstić information content (AvgIpc) is 3.31.